The van der Waals surface area contributed by atoms with E-state index < -0.39 is 66.2 Å². The molecule has 0 aliphatic rings. The number of carboxylic acid groups (broad SMARTS) is 2. The number of H-pyrrole nitrogens is 1. The molecular formula is C26H36N6O8. The van der Waals surface area contributed by atoms with E-state index in [1.165, 1.54) is 0 Å². The van der Waals surface area contributed by atoms with Gasteiger partial charge < -0.3 is 42.6 Å². The van der Waals surface area contributed by atoms with Gasteiger partial charge in [0.2, 0.25) is 23.6 Å². The normalized spacial score (nSPS) is 14.1. The Balaban J connectivity index is 2.19. The van der Waals surface area contributed by atoms with Gasteiger partial charge in [-0.2, -0.15) is 0 Å². The van der Waals surface area contributed by atoms with Crippen molar-refractivity contribution in [3.8, 4) is 0 Å². The van der Waals surface area contributed by atoms with Gasteiger partial charge in [-0.15, -0.1) is 0 Å². The third kappa shape index (κ3) is 9.69. The van der Waals surface area contributed by atoms with Crippen LogP contribution in [-0.2, 0) is 35.2 Å². The number of primary amides is 1. The molecule has 0 aliphatic carbocycles. The molecule has 0 saturated heterocycles. The van der Waals surface area contributed by atoms with Crippen LogP contribution in [-0.4, -0.2) is 74.9 Å². The molecule has 4 unspecified atom stereocenters. The number of carbonyl (C=O) groups is 6. The van der Waals surface area contributed by atoms with Crippen LogP contribution in [0.15, 0.2) is 30.5 Å². The minimum atomic E-state index is -1.69. The van der Waals surface area contributed by atoms with Crippen molar-refractivity contribution in [3.05, 3.63) is 36.0 Å². The monoisotopic (exact) mass is 560 g/mol. The Bertz CT molecular complexity index is 1240. The average Bonchev–Trinajstić information content (AvgIpc) is 3.27. The van der Waals surface area contributed by atoms with Gasteiger partial charge in [0.05, 0.1) is 12.5 Å². The maximum Gasteiger partial charge on any atom is 0.326 e. The summed E-state index contributed by atoms with van der Waals surface area (Å²) in [6, 6.07) is 1.71. The first-order chi connectivity index (χ1) is 18.8. The lowest BCUT2D eigenvalue weighted by atomic mass is 10.0. The summed E-state index contributed by atoms with van der Waals surface area (Å²) in [6.07, 6.45) is 0.400. The molecule has 0 spiro atoms. The van der Waals surface area contributed by atoms with Crippen molar-refractivity contribution in [2.75, 3.05) is 0 Å². The van der Waals surface area contributed by atoms with Gasteiger partial charge in [0.1, 0.15) is 18.1 Å². The van der Waals surface area contributed by atoms with Gasteiger partial charge in [-0.1, -0.05) is 32.0 Å². The maximum atomic E-state index is 13.0. The van der Waals surface area contributed by atoms with Gasteiger partial charge >= 0.3 is 11.9 Å². The smallest absolute Gasteiger partial charge is 0.326 e. The first-order valence-corrected chi connectivity index (χ1v) is 12.7. The maximum absolute atomic E-state index is 13.0. The number of rotatable bonds is 16. The van der Waals surface area contributed by atoms with E-state index in [2.05, 4.69) is 20.9 Å². The van der Waals surface area contributed by atoms with Crippen LogP contribution in [0.25, 0.3) is 10.9 Å². The van der Waals surface area contributed by atoms with Crippen molar-refractivity contribution in [3.63, 3.8) is 0 Å². The summed E-state index contributed by atoms with van der Waals surface area (Å²) < 4.78 is 0. The molecule has 14 heteroatoms. The van der Waals surface area contributed by atoms with Crippen LogP contribution in [0.2, 0.25) is 0 Å². The summed E-state index contributed by atoms with van der Waals surface area (Å²) in [6.45, 7) is 3.70. The highest BCUT2D eigenvalue weighted by Gasteiger charge is 2.32. The number of aliphatic carboxylic acids is 2. The third-order valence-corrected chi connectivity index (χ3v) is 6.10. The first kappa shape index (κ1) is 31.8. The van der Waals surface area contributed by atoms with E-state index in [1.54, 1.807) is 30.5 Å². The van der Waals surface area contributed by atoms with Crippen LogP contribution < -0.4 is 27.4 Å². The van der Waals surface area contributed by atoms with Crippen molar-refractivity contribution in [2.45, 2.75) is 70.1 Å². The predicted octanol–water partition coefficient (Wildman–Crippen LogP) is -0.637. The molecule has 0 saturated carbocycles. The Kier molecular flexibility index (Phi) is 11.6. The van der Waals surface area contributed by atoms with Gasteiger partial charge in [0, 0.05) is 29.9 Å². The zero-order valence-corrected chi connectivity index (χ0v) is 22.3. The lowest BCUT2D eigenvalue weighted by Crippen LogP contribution is -2.57. The minimum absolute atomic E-state index is 0.0775. The van der Waals surface area contributed by atoms with Crippen molar-refractivity contribution < 1.29 is 39.0 Å². The average molecular weight is 561 g/mol. The number of hydrogen-bond donors (Lipinski definition) is 8. The number of nitrogens with two attached hydrogens (primary N) is 2. The molecule has 14 nitrogen and oxygen atoms in total. The number of benzene rings is 1. The number of para-hydroxylation sites is 1. The van der Waals surface area contributed by atoms with Crippen LogP contribution in [0.1, 0.15) is 45.1 Å². The summed E-state index contributed by atoms with van der Waals surface area (Å²) in [7, 11) is 0. The number of aromatic amines is 1. The van der Waals surface area contributed by atoms with Crippen molar-refractivity contribution >= 4 is 46.5 Å². The molecule has 2 aromatic rings. The Morgan fingerprint density at radius 1 is 0.900 bits per heavy atom. The topological polar surface area (TPSA) is 247 Å². The van der Waals surface area contributed by atoms with Crippen molar-refractivity contribution in [1.29, 1.82) is 0 Å². The molecule has 1 heterocycles. The molecule has 2 rings (SSSR count). The number of aromatic nitrogens is 1. The van der Waals surface area contributed by atoms with Crippen LogP contribution in [0.4, 0.5) is 0 Å². The molecule has 1 aromatic carbocycles. The second-order valence-corrected chi connectivity index (χ2v) is 9.92. The zero-order chi connectivity index (χ0) is 30.0. The van der Waals surface area contributed by atoms with Gasteiger partial charge in [-0.05, 0) is 30.4 Å². The lowest BCUT2D eigenvalue weighted by molar-refractivity contribution is -0.143. The van der Waals surface area contributed by atoms with E-state index in [1.807, 2.05) is 13.8 Å². The predicted molar refractivity (Wildman–Crippen MR) is 144 cm³/mol. The summed E-state index contributed by atoms with van der Waals surface area (Å²) in [5.41, 5.74) is 12.4. The highest BCUT2D eigenvalue weighted by molar-refractivity contribution is 5.96. The molecule has 4 amide bonds. The SMILES string of the molecule is CC(C)CC(N)C(=O)NC(CCC(N)=O)C(=O)NC(CC(=O)O)C(=O)NC(Cc1c[nH]c2ccccc12)C(=O)O. The van der Waals surface area contributed by atoms with Crippen LogP contribution in [0, 0.1) is 5.92 Å². The molecule has 0 bridgehead atoms. The fourth-order valence-electron chi connectivity index (χ4n) is 4.10. The number of hydrogen-bond acceptors (Lipinski definition) is 7. The van der Waals surface area contributed by atoms with E-state index in [-0.39, 0.29) is 25.2 Å². The first-order valence-electron chi connectivity index (χ1n) is 12.7. The summed E-state index contributed by atoms with van der Waals surface area (Å²) in [5.74, 6) is -6.18. The molecule has 1 aromatic heterocycles. The minimum Gasteiger partial charge on any atom is -0.481 e. The third-order valence-electron chi connectivity index (χ3n) is 6.10. The fraction of sp³-hybridized carbons (Fsp3) is 0.462. The van der Waals surface area contributed by atoms with Crippen LogP contribution in [0.3, 0.4) is 0 Å². The Morgan fingerprint density at radius 3 is 2.10 bits per heavy atom. The molecule has 4 atom stereocenters. The largest absolute Gasteiger partial charge is 0.481 e. The van der Waals surface area contributed by atoms with Gasteiger partial charge in [-0.3, -0.25) is 24.0 Å². The van der Waals surface area contributed by atoms with E-state index >= 15 is 0 Å². The zero-order valence-electron chi connectivity index (χ0n) is 22.3. The lowest BCUT2D eigenvalue weighted by Gasteiger charge is -2.24. The second-order valence-electron chi connectivity index (χ2n) is 9.92. The fourth-order valence-corrected chi connectivity index (χ4v) is 4.10. The number of carboxylic acids is 2. The molecule has 0 fully saturated rings. The summed E-state index contributed by atoms with van der Waals surface area (Å²) in [4.78, 5) is 76.3. The summed E-state index contributed by atoms with van der Waals surface area (Å²) >= 11 is 0. The van der Waals surface area contributed by atoms with Gasteiger partial charge in [-0.25, -0.2) is 4.79 Å². The van der Waals surface area contributed by atoms with Crippen molar-refractivity contribution in [1.82, 2.24) is 20.9 Å². The number of fused-ring (bicyclic) bond motifs is 1. The van der Waals surface area contributed by atoms with Gasteiger partial charge in [0.25, 0.3) is 0 Å². The van der Waals surface area contributed by atoms with Crippen LogP contribution >= 0.6 is 0 Å². The van der Waals surface area contributed by atoms with Gasteiger partial charge in [0.15, 0.2) is 0 Å². The Labute approximate surface area is 230 Å². The summed E-state index contributed by atoms with van der Waals surface area (Å²) in [5, 5.41) is 26.8. The molecule has 10 N–H and O–H groups in total. The van der Waals surface area contributed by atoms with E-state index in [0.29, 0.717) is 12.0 Å². The van der Waals surface area contributed by atoms with Crippen molar-refractivity contribution in [2.24, 2.45) is 17.4 Å². The van der Waals surface area contributed by atoms with E-state index in [9.17, 15) is 39.0 Å². The second kappa shape index (κ2) is 14.6. The highest BCUT2D eigenvalue weighted by Crippen LogP contribution is 2.19. The molecule has 0 radical (unpaired) electrons. The van der Waals surface area contributed by atoms with Crippen LogP contribution in [0.5, 0.6) is 0 Å². The van der Waals surface area contributed by atoms with E-state index in [0.717, 1.165) is 10.9 Å². The number of amides is 4. The standard InChI is InChI=1S/C26H36N6O8/c1-13(2)9-16(27)23(36)30-18(7-8-21(28)33)24(37)31-19(11-22(34)35)25(38)32-20(26(39)40)10-14-12-29-17-6-4-3-5-15(14)17/h3-6,12-13,16,18-20,29H,7-11,27H2,1-2H3,(H2,28,33)(H,30,36)(H,31,37)(H,32,38)(H,34,35)(H,39,40). The Hall–Kier alpha value is -4.46. The quantitative estimate of drug-likeness (QED) is 0.130. The molecule has 40 heavy (non-hydrogen) atoms. The number of nitrogens with one attached hydrogen (secondary N) is 4. The molecule has 218 valence electrons. The highest BCUT2D eigenvalue weighted by atomic mass is 16.4. The number of carbonyl (C=O) groups excluding carboxylic acids is 4. The Morgan fingerprint density at radius 2 is 1.50 bits per heavy atom. The molecular weight excluding hydrogens is 524 g/mol. The molecule has 0 aliphatic heterocycles. The van der Waals surface area contributed by atoms with E-state index in [4.69, 9.17) is 11.5 Å².